The van der Waals surface area contributed by atoms with Gasteiger partial charge >= 0.3 is 0 Å². The van der Waals surface area contributed by atoms with Gasteiger partial charge in [0, 0.05) is 11.1 Å². The minimum Gasteiger partial charge on any atom is -0.266 e. The van der Waals surface area contributed by atoms with Gasteiger partial charge in [-0.15, -0.1) is 0 Å². The molecule has 0 radical (unpaired) electrons. The van der Waals surface area contributed by atoms with Gasteiger partial charge in [0.05, 0.1) is 16.3 Å². The topological polar surface area (TPSA) is 47.2 Å². The number of hydrogen-bond donors (Lipinski definition) is 0. The normalized spacial score (nSPS) is 15.4. The number of aryl methyl sites for hydroxylation is 2. The molecule has 1 aromatic heterocycles. The average molecular weight is 394 g/mol. The molecule has 0 atom stereocenters. The minimum atomic E-state index is -0.251. The lowest BCUT2D eigenvalue weighted by Crippen LogP contribution is -1.95. The number of aromatic nitrogens is 2. The zero-order valence-corrected chi connectivity index (χ0v) is 16.4. The van der Waals surface area contributed by atoms with E-state index in [9.17, 15) is 4.79 Å². The summed E-state index contributed by atoms with van der Waals surface area (Å²) in [5.74, 6) is -0.251. The van der Waals surface area contributed by atoms with Gasteiger partial charge in [-0.25, -0.2) is 9.67 Å². The Morgan fingerprint density at radius 3 is 2.44 bits per heavy atom. The van der Waals surface area contributed by atoms with Crippen molar-refractivity contribution in [1.82, 2.24) is 9.78 Å². The summed E-state index contributed by atoms with van der Waals surface area (Å²) in [6, 6.07) is 17.6. The molecule has 6 heteroatoms. The van der Waals surface area contributed by atoms with Crippen molar-refractivity contribution in [1.29, 1.82) is 0 Å². The molecule has 0 saturated carbocycles. The molecular formula is C21H16ClN3OS. The van der Waals surface area contributed by atoms with E-state index in [1.807, 2.05) is 68.4 Å². The summed E-state index contributed by atoms with van der Waals surface area (Å²) in [4.78, 5) is 17.1. The number of aliphatic imine (C=N–C) groups is 1. The largest absolute Gasteiger partial charge is 0.284 e. The molecule has 27 heavy (non-hydrogen) atoms. The third-order valence-corrected chi connectivity index (χ3v) is 5.64. The summed E-state index contributed by atoms with van der Waals surface area (Å²) in [5.41, 5.74) is 4.47. The number of carbonyl (C=O) groups is 1. The maximum atomic E-state index is 12.4. The van der Waals surface area contributed by atoms with Crippen LogP contribution in [0.4, 0.5) is 0 Å². The Morgan fingerprint density at radius 1 is 1.04 bits per heavy atom. The number of hydrogen-bond acceptors (Lipinski definition) is 3. The quantitative estimate of drug-likeness (QED) is 0.574. The van der Waals surface area contributed by atoms with E-state index < -0.39 is 0 Å². The molecule has 0 fully saturated rings. The van der Waals surface area contributed by atoms with Gasteiger partial charge in [-0.2, -0.15) is 5.10 Å². The van der Waals surface area contributed by atoms with Gasteiger partial charge < -0.3 is 0 Å². The van der Waals surface area contributed by atoms with E-state index in [2.05, 4.69) is 10.1 Å². The maximum absolute atomic E-state index is 12.4. The van der Waals surface area contributed by atoms with Crippen LogP contribution in [0, 0.1) is 13.8 Å². The zero-order chi connectivity index (χ0) is 19.0. The summed E-state index contributed by atoms with van der Waals surface area (Å²) < 4.78 is 1.68. The van der Waals surface area contributed by atoms with Crippen molar-refractivity contribution in [2.45, 2.75) is 13.8 Å². The predicted molar refractivity (Wildman–Crippen MR) is 112 cm³/mol. The Labute approximate surface area is 166 Å². The van der Waals surface area contributed by atoms with Crippen molar-refractivity contribution in [3.8, 4) is 5.69 Å². The van der Waals surface area contributed by atoms with Gasteiger partial charge in [0.15, 0.2) is 0 Å². The Hall–Kier alpha value is -2.63. The van der Waals surface area contributed by atoms with E-state index in [1.54, 1.807) is 10.8 Å². The molecule has 0 spiro atoms. The summed E-state index contributed by atoms with van der Waals surface area (Å²) in [7, 11) is 0. The molecule has 0 N–H and O–H groups in total. The number of thioether (sulfide) groups is 1. The first-order valence-electron chi connectivity index (χ1n) is 8.43. The van der Waals surface area contributed by atoms with E-state index in [4.69, 9.17) is 11.6 Å². The SMILES string of the molecule is Cc1ccc(C2=NC(=O)C(=Cc3c(C)nn(-c4ccccc4)c3Cl)S2)cc1. The molecule has 134 valence electrons. The van der Waals surface area contributed by atoms with E-state index in [-0.39, 0.29) is 5.91 Å². The molecule has 4 rings (SSSR count). The standard InChI is InChI=1S/C21H16ClN3OS/c1-13-8-10-15(11-9-13)21-23-20(26)18(27-21)12-17-14(2)24-25(19(17)22)16-6-4-3-5-7-16/h3-12H,1-2H3. The first kappa shape index (κ1) is 17.8. The number of nitrogens with zero attached hydrogens (tertiary/aromatic N) is 3. The summed E-state index contributed by atoms with van der Waals surface area (Å²) >= 11 is 7.92. The fourth-order valence-corrected chi connectivity index (χ4v) is 4.00. The fraction of sp³-hybridized carbons (Fsp3) is 0.0952. The molecule has 1 aliphatic heterocycles. The van der Waals surface area contributed by atoms with Crippen LogP contribution in [0.2, 0.25) is 5.15 Å². The number of carbonyl (C=O) groups excluding carboxylic acids is 1. The zero-order valence-electron chi connectivity index (χ0n) is 14.8. The number of amides is 1. The second-order valence-corrected chi connectivity index (χ2v) is 7.62. The van der Waals surface area contributed by atoms with Crippen molar-refractivity contribution in [2.75, 3.05) is 0 Å². The van der Waals surface area contributed by atoms with Gasteiger partial charge in [0.1, 0.15) is 10.2 Å². The molecular weight excluding hydrogens is 378 g/mol. The van der Waals surface area contributed by atoms with Gasteiger partial charge in [0.2, 0.25) is 0 Å². The second kappa shape index (κ2) is 7.18. The summed E-state index contributed by atoms with van der Waals surface area (Å²) in [5, 5.41) is 5.70. The highest BCUT2D eigenvalue weighted by Crippen LogP contribution is 2.34. The molecule has 0 aliphatic carbocycles. The first-order valence-corrected chi connectivity index (χ1v) is 9.62. The third kappa shape index (κ3) is 3.48. The van der Waals surface area contributed by atoms with Gasteiger partial charge in [-0.1, -0.05) is 71.4 Å². The highest BCUT2D eigenvalue weighted by molar-refractivity contribution is 8.19. The van der Waals surface area contributed by atoms with Crippen molar-refractivity contribution < 1.29 is 4.79 Å². The lowest BCUT2D eigenvalue weighted by molar-refractivity contribution is -0.113. The van der Waals surface area contributed by atoms with E-state index in [1.165, 1.54) is 17.3 Å². The molecule has 2 heterocycles. The van der Waals surface area contributed by atoms with Crippen LogP contribution in [0.15, 0.2) is 64.5 Å². The second-order valence-electron chi connectivity index (χ2n) is 6.24. The van der Waals surface area contributed by atoms with Crippen LogP contribution in [-0.2, 0) is 4.79 Å². The molecule has 0 saturated heterocycles. The van der Waals surface area contributed by atoms with Crippen molar-refractivity contribution in [3.05, 3.63) is 87.0 Å². The Morgan fingerprint density at radius 2 is 1.74 bits per heavy atom. The molecule has 3 aromatic rings. The Kier molecular flexibility index (Phi) is 4.72. The van der Waals surface area contributed by atoms with Crippen molar-refractivity contribution in [2.24, 2.45) is 4.99 Å². The average Bonchev–Trinajstić information content (AvgIpc) is 3.18. The minimum absolute atomic E-state index is 0.251. The predicted octanol–water partition coefficient (Wildman–Crippen LogP) is 5.20. The van der Waals surface area contributed by atoms with Gasteiger partial charge in [-0.3, -0.25) is 4.79 Å². The van der Waals surface area contributed by atoms with Crippen molar-refractivity contribution >= 4 is 40.4 Å². The molecule has 1 amide bonds. The van der Waals surface area contributed by atoms with Crippen molar-refractivity contribution in [3.63, 3.8) is 0 Å². The number of benzene rings is 2. The Balaban J connectivity index is 1.66. The lowest BCUT2D eigenvalue weighted by atomic mass is 10.2. The molecule has 2 aromatic carbocycles. The fourth-order valence-electron chi connectivity index (χ4n) is 2.78. The van der Waals surface area contributed by atoms with Gasteiger partial charge in [0.25, 0.3) is 5.91 Å². The smallest absolute Gasteiger partial charge is 0.266 e. The number of rotatable bonds is 3. The summed E-state index contributed by atoms with van der Waals surface area (Å²) in [6.07, 6.45) is 1.78. The first-order chi connectivity index (χ1) is 13.0. The van der Waals surface area contributed by atoms with Crippen LogP contribution < -0.4 is 0 Å². The highest BCUT2D eigenvalue weighted by atomic mass is 35.5. The monoisotopic (exact) mass is 393 g/mol. The molecule has 0 unspecified atom stereocenters. The lowest BCUT2D eigenvalue weighted by Gasteiger charge is -2.02. The summed E-state index contributed by atoms with van der Waals surface area (Å²) in [6.45, 7) is 3.91. The van der Waals surface area contributed by atoms with Crippen LogP contribution in [0.1, 0.15) is 22.4 Å². The van der Waals surface area contributed by atoms with E-state index >= 15 is 0 Å². The maximum Gasteiger partial charge on any atom is 0.284 e. The van der Waals surface area contributed by atoms with Crippen LogP contribution in [0.25, 0.3) is 11.8 Å². The molecule has 1 aliphatic rings. The van der Waals surface area contributed by atoms with Crippen LogP contribution in [-0.4, -0.2) is 20.7 Å². The van der Waals surface area contributed by atoms with E-state index in [0.717, 1.165) is 22.5 Å². The third-order valence-electron chi connectivity index (χ3n) is 4.24. The Bertz CT molecular complexity index is 1080. The number of para-hydroxylation sites is 1. The number of halogens is 1. The molecule has 4 nitrogen and oxygen atoms in total. The van der Waals surface area contributed by atoms with Gasteiger partial charge in [-0.05, 0) is 32.1 Å². The van der Waals surface area contributed by atoms with Crippen LogP contribution in [0.5, 0.6) is 0 Å². The van der Waals surface area contributed by atoms with Crippen LogP contribution >= 0.6 is 23.4 Å². The molecule has 0 bridgehead atoms. The van der Waals surface area contributed by atoms with Crippen LogP contribution in [0.3, 0.4) is 0 Å². The van der Waals surface area contributed by atoms with E-state index in [0.29, 0.717) is 15.1 Å². The highest BCUT2D eigenvalue weighted by Gasteiger charge is 2.24.